The van der Waals surface area contributed by atoms with Gasteiger partial charge in [-0.1, -0.05) is 50.6 Å². The van der Waals surface area contributed by atoms with Gasteiger partial charge in [0.15, 0.2) is 0 Å². The quantitative estimate of drug-likeness (QED) is 0.749. The monoisotopic (exact) mass is 289 g/mol. The Morgan fingerprint density at radius 1 is 1.33 bits per heavy atom. The molecule has 3 heteroatoms. The second-order valence-electron chi connectivity index (χ2n) is 5.85. The van der Waals surface area contributed by atoms with E-state index in [9.17, 15) is 4.79 Å². The Hall–Kier alpha value is -1.35. The Labute approximate surface area is 128 Å². The third-order valence-electron chi connectivity index (χ3n) is 4.26. The molecule has 1 heterocycles. The molecule has 2 rings (SSSR count). The van der Waals surface area contributed by atoms with Gasteiger partial charge in [0.05, 0.1) is 5.92 Å². The lowest BCUT2D eigenvalue weighted by Gasteiger charge is -2.32. The zero-order valence-electron chi connectivity index (χ0n) is 13.3. The molecule has 21 heavy (non-hydrogen) atoms. The largest absolute Gasteiger partial charge is 0.461 e. The van der Waals surface area contributed by atoms with E-state index in [2.05, 4.69) is 18.7 Å². The number of carbonyl (C=O) groups is 1. The number of rotatable bonds is 6. The zero-order chi connectivity index (χ0) is 15.1. The van der Waals surface area contributed by atoms with E-state index < -0.39 is 0 Å². The zero-order valence-corrected chi connectivity index (χ0v) is 13.3. The molecule has 0 aromatic heterocycles. The molecule has 0 radical (unpaired) electrons. The summed E-state index contributed by atoms with van der Waals surface area (Å²) in [5.74, 6) is -0.167. The molecular formula is C18H27NO2. The minimum Gasteiger partial charge on any atom is -0.461 e. The van der Waals surface area contributed by atoms with Gasteiger partial charge in [-0.25, -0.2) is 0 Å². The summed E-state index contributed by atoms with van der Waals surface area (Å²) < 4.78 is 5.81. The van der Waals surface area contributed by atoms with Gasteiger partial charge in [-0.15, -0.1) is 0 Å². The summed E-state index contributed by atoms with van der Waals surface area (Å²) in [6.07, 6.45) is 4.02. The number of benzene rings is 1. The number of piperidine rings is 1. The second kappa shape index (κ2) is 8.18. The van der Waals surface area contributed by atoms with Crippen LogP contribution in [0.25, 0.3) is 0 Å². The summed E-state index contributed by atoms with van der Waals surface area (Å²) >= 11 is 0. The number of esters is 1. The summed E-state index contributed by atoms with van der Waals surface area (Å²) in [4.78, 5) is 14.9. The van der Waals surface area contributed by atoms with E-state index in [0.29, 0.717) is 0 Å². The molecule has 2 atom stereocenters. The van der Waals surface area contributed by atoms with Crippen LogP contribution in [0.4, 0.5) is 0 Å². The lowest BCUT2D eigenvalue weighted by atomic mass is 9.94. The van der Waals surface area contributed by atoms with Crippen molar-refractivity contribution in [3.05, 3.63) is 35.9 Å². The van der Waals surface area contributed by atoms with Gasteiger partial charge in [-0.05, 0) is 37.9 Å². The van der Waals surface area contributed by atoms with Gasteiger partial charge in [0.25, 0.3) is 0 Å². The molecule has 0 spiro atoms. The Kier molecular flexibility index (Phi) is 6.24. The lowest BCUT2D eigenvalue weighted by molar-refractivity contribution is -0.153. The van der Waals surface area contributed by atoms with Gasteiger partial charge in [0.1, 0.15) is 6.10 Å². The van der Waals surface area contributed by atoms with Crippen molar-refractivity contribution >= 4 is 5.97 Å². The Bertz CT molecular complexity index is 432. The molecule has 3 nitrogen and oxygen atoms in total. The van der Waals surface area contributed by atoms with Crippen LogP contribution in [0, 0.1) is 0 Å². The minimum absolute atomic E-state index is 0.0500. The molecule has 116 valence electrons. The van der Waals surface area contributed by atoms with Gasteiger partial charge in [0, 0.05) is 6.54 Å². The topological polar surface area (TPSA) is 29.5 Å². The van der Waals surface area contributed by atoms with Crippen molar-refractivity contribution < 1.29 is 9.53 Å². The Morgan fingerprint density at radius 3 is 2.76 bits per heavy atom. The van der Waals surface area contributed by atoms with E-state index in [0.717, 1.165) is 50.9 Å². The highest BCUT2D eigenvalue weighted by Gasteiger charge is 2.27. The van der Waals surface area contributed by atoms with Gasteiger partial charge < -0.3 is 4.74 Å². The van der Waals surface area contributed by atoms with Crippen LogP contribution in [0.5, 0.6) is 0 Å². The fraction of sp³-hybridized carbons (Fsp3) is 0.611. The molecule has 1 fully saturated rings. The maximum Gasteiger partial charge on any atom is 0.313 e. The Balaban J connectivity index is 1.98. The highest BCUT2D eigenvalue weighted by atomic mass is 16.5. The van der Waals surface area contributed by atoms with Crippen molar-refractivity contribution in [3.63, 3.8) is 0 Å². The molecule has 2 unspecified atom stereocenters. The highest BCUT2D eigenvalue weighted by Crippen LogP contribution is 2.24. The summed E-state index contributed by atoms with van der Waals surface area (Å²) in [6.45, 7) is 7.32. The molecule has 0 bridgehead atoms. The standard InChI is InChI=1S/C18H27NO2/c1-3-9-17(15-10-6-5-7-11-15)18(20)21-16-12-8-13-19(4-2)14-16/h5-7,10-11,16-17H,3-4,8-9,12-14H2,1-2H3. The molecule has 0 amide bonds. The molecule has 0 N–H and O–H groups in total. The number of likely N-dealkylation sites (tertiary alicyclic amines) is 1. The number of hydrogen-bond donors (Lipinski definition) is 0. The summed E-state index contributed by atoms with van der Waals surface area (Å²) in [6, 6.07) is 10.0. The molecule has 0 saturated carbocycles. The van der Waals surface area contributed by atoms with Gasteiger partial charge in [-0.2, -0.15) is 0 Å². The maximum absolute atomic E-state index is 12.6. The number of ether oxygens (including phenoxy) is 1. The van der Waals surface area contributed by atoms with Crippen LogP contribution in [-0.4, -0.2) is 36.6 Å². The lowest BCUT2D eigenvalue weighted by Crippen LogP contribution is -2.41. The van der Waals surface area contributed by atoms with Crippen molar-refractivity contribution in [1.82, 2.24) is 4.90 Å². The van der Waals surface area contributed by atoms with Crippen molar-refractivity contribution in [2.24, 2.45) is 0 Å². The van der Waals surface area contributed by atoms with Crippen LogP contribution >= 0.6 is 0 Å². The van der Waals surface area contributed by atoms with Crippen LogP contribution < -0.4 is 0 Å². The Morgan fingerprint density at radius 2 is 2.10 bits per heavy atom. The third kappa shape index (κ3) is 4.57. The van der Waals surface area contributed by atoms with Crippen molar-refractivity contribution in [2.75, 3.05) is 19.6 Å². The molecule has 1 saturated heterocycles. The summed E-state index contributed by atoms with van der Waals surface area (Å²) in [5, 5.41) is 0. The van der Waals surface area contributed by atoms with Crippen molar-refractivity contribution in [1.29, 1.82) is 0 Å². The van der Waals surface area contributed by atoms with E-state index in [4.69, 9.17) is 4.74 Å². The molecular weight excluding hydrogens is 262 g/mol. The first kappa shape index (κ1) is 16.0. The minimum atomic E-state index is -0.117. The number of nitrogens with zero attached hydrogens (tertiary/aromatic N) is 1. The highest BCUT2D eigenvalue weighted by molar-refractivity contribution is 5.78. The first-order valence-corrected chi connectivity index (χ1v) is 8.22. The van der Waals surface area contributed by atoms with Gasteiger partial charge in [0.2, 0.25) is 0 Å². The van der Waals surface area contributed by atoms with E-state index in [1.54, 1.807) is 0 Å². The fourth-order valence-electron chi connectivity index (χ4n) is 3.04. The predicted molar refractivity (Wildman–Crippen MR) is 85.3 cm³/mol. The van der Waals surface area contributed by atoms with E-state index in [1.165, 1.54) is 0 Å². The van der Waals surface area contributed by atoms with Crippen LogP contribution in [-0.2, 0) is 9.53 Å². The predicted octanol–water partition coefficient (Wildman–Crippen LogP) is 3.60. The van der Waals surface area contributed by atoms with Crippen molar-refractivity contribution in [3.8, 4) is 0 Å². The molecule has 1 aliphatic heterocycles. The third-order valence-corrected chi connectivity index (χ3v) is 4.26. The maximum atomic E-state index is 12.6. The van der Waals surface area contributed by atoms with Crippen LogP contribution in [0.15, 0.2) is 30.3 Å². The molecule has 1 aliphatic rings. The van der Waals surface area contributed by atoms with E-state index in [1.807, 2.05) is 30.3 Å². The first-order valence-electron chi connectivity index (χ1n) is 8.22. The van der Waals surface area contributed by atoms with Gasteiger partial charge in [-0.3, -0.25) is 9.69 Å². The first-order chi connectivity index (χ1) is 10.2. The summed E-state index contributed by atoms with van der Waals surface area (Å²) in [5.41, 5.74) is 1.08. The smallest absolute Gasteiger partial charge is 0.313 e. The van der Waals surface area contributed by atoms with Gasteiger partial charge >= 0.3 is 5.97 Å². The normalized spacial score (nSPS) is 21.0. The van der Waals surface area contributed by atoms with Crippen LogP contribution in [0.3, 0.4) is 0 Å². The summed E-state index contributed by atoms with van der Waals surface area (Å²) in [7, 11) is 0. The SMILES string of the molecule is CCCC(C(=O)OC1CCCN(CC)C1)c1ccccc1. The average Bonchev–Trinajstić information content (AvgIpc) is 2.53. The number of carbonyl (C=O) groups excluding carboxylic acids is 1. The average molecular weight is 289 g/mol. The number of hydrogen-bond acceptors (Lipinski definition) is 3. The second-order valence-corrected chi connectivity index (χ2v) is 5.85. The molecule has 0 aliphatic carbocycles. The molecule has 1 aromatic carbocycles. The fourth-order valence-corrected chi connectivity index (χ4v) is 3.04. The van der Waals surface area contributed by atoms with E-state index >= 15 is 0 Å². The van der Waals surface area contributed by atoms with E-state index in [-0.39, 0.29) is 18.0 Å². The number of likely N-dealkylation sites (N-methyl/N-ethyl adjacent to an activating group) is 1. The van der Waals surface area contributed by atoms with Crippen LogP contribution in [0.1, 0.15) is 51.0 Å². The van der Waals surface area contributed by atoms with Crippen molar-refractivity contribution in [2.45, 2.75) is 51.6 Å². The van der Waals surface area contributed by atoms with Crippen LogP contribution in [0.2, 0.25) is 0 Å². The molecule has 1 aromatic rings.